The lowest BCUT2D eigenvalue weighted by atomic mass is 10.1. The Morgan fingerprint density at radius 1 is 1.10 bits per heavy atom. The Morgan fingerprint density at radius 3 is 2.55 bits per heavy atom. The summed E-state index contributed by atoms with van der Waals surface area (Å²) in [6, 6.07) is 16.7. The topological polar surface area (TPSA) is 58.4 Å². The Balaban J connectivity index is 1.74. The fourth-order valence-corrected chi connectivity index (χ4v) is 2.96. The molecule has 2 aromatic carbocycles. The van der Waals surface area contributed by atoms with Crippen LogP contribution in [0.15, 0.2) is 65.3 Å². The van der Waals surface area contributed by atoms with Crippen molar-refractivity contribution in [2.45, 2.75) is 45.9 Å². The van der Waals surface area contributed by atoms with Crippen molar-refractivity contribution in [2.24, 2.45) is 0 Å². The van der Waals surface area contributed by atoms with Gasteiger partial charge in [0.1, 0.15) is 12.1 Å². The number of nitrogens with zero attached hydrogens (tertiary/aromatic N) is 2. The molecule has 1 amide bonds. The number of amides is 1. The predicted molar refractivity (Wildman–Crippen MR) is 110 cm³/mol. The van der Waals surface area contributed by atoms with E-state index in [1.165, 1.54) is 12.3 Å². The number of nitrogens with one attached hydrogen (secondary N) is 1. The van der Waals surface area contributed by atoms with E-state index in [2.05, 4.69) is 10.3 Å². The molecule has 0 bridgehead atoms. The Labute approximate surface area is 170 Å². The van der Waals surface area contributed by atoms with Gasteiger partial charge in [-0.3, -0.25) is 9.69 Å². The SMILES string of the molecule is CCC(C)NC(=O)c1coc(CN(Cc2ccccc2)Cc2ccccc2F)n1. The molecule has 5 nitrogen and oxygen atoms in total. The number of halogens is 1. The van der Waals surface area contributed by atoms with E-state index in [0.717, 1.165) is 12.0 Å². The summed E-state index contributed by atoms with van der Waals surface area (Å²) >= 11 is 0. The maximum Gasteiger partial charge on any atom is 0.273 e. The van der Waals surface area contributed by atoms with Crippen LogP contribution in [-0.4, -0.2) is 21.8 Å². The molecule has 0 spiro atoms. The zero-order chi connectivity index (χ0) is 20.6. The minimum atomic E-state index is -0.252. The van der Waals surface area contributed by atoms with Crippen LogP contribution in [0, 0.1) is 5.82 Å². The van der Waals surface area contributed by atoms with Crippen LogP contribution in [0.4, 0.5) is 4.39 Å². The van der Waals surface area contributed by atoms with Crippen LogP contribution < -0.4 is 5.32 Å². The average Bonchev–Trinajstić information content (AvgIpc) is 3.19. The van der Waals surface area contributed by atoms with Gasteiger partial charge in [0, 0.05) is 24.7 Å². The van der Waals surface area contributed by atoms with Gasteiger partial charge in [-0.15, -0.1) is 0 Å². The first-order chi connectivity index (χ1) is 14.0. The summed E-state index contributed by atoms with van der Waals surface area (Å²) in [5, 5.41) is 2.88. The van der Waals surface area contributed by atoms with E-state index in [9.17, 15) is 9.18 Å². The van der Waals surface area contributed by atoms with Gasteiger partial charge in [-0.25, -0.2) is 9.37 Å². The van der Waals surface area contributed by atoms with Gasteiger partial charge < -0.3 is 9.73 Å². The highest BCUT2D eigenvalue weighted by atomic mass is 19.1. The van der Waals surface area contributed by atoms with Crippen molar-refractivity contribution in [2.75, 3.05) is 0 Å². The maximum atomic E-state index is 14.2. The molecule has 0 aliphatic rings. The molecular formula is C23H26FN3O2. The highest BCUT2D eigenvalue weighted by Crippen LogP contribution is 2.16. The minimum Gasteiger partial charge on any atom is -0.447 e. The van der Waals surface area contributed by atoms with Crippen molar-refractivity contribution in [3.8, 4) is 0 Å². The van der Waals surface area contributed by atoms with E-state index in [4.69, 9.17) is 4.42 Å². The van der Waals surface area contributed by atoms with Gasteiger partial charge in [0.2, 0.25) is 5.89 Å². The summed E-state index contributed by atoms with van der Waals surface area (Å²) in [7, 11) is 0. The van der Waals surface area contributed by atoms with Gasteiger partial charge in [0.15, 0.2) is 5.69 Å². The highest BCUT2D eigenvalue weighted by molar-refractivity contribution is 5.92. The smallest absolute Gasteiger partial charge is 0.273 e. The lowest BCUT2D eigenvalue weighted by Crippen LogP contribution is -2.32. The number of carbonyl (C=O) groups excluding carboxylic acids is 1. The second-order valence-electron chi connectivity index (χ2n) is 7.13. The van der Waals surface area contributed by atoms with Crippen molar-refractivity contribution in [1.29, 1.82) is 0 Å². The highest BCUT2D eigenvalue weighted by Gasteiger charge is 2.17. The normalized spacial score (nSPS) is 12.1. The molecular weight excluding hydrogens is 369 g/mol. The molecule has 3 rings (SSSR count). The van der Waals surface area contributed by atoms with E-state index < -0.39 is 0 Å². The number of benzene rings is 2. The first-order valence-corrected chi connectivity index (χ1v) is 9.80. The van der Waals surface area contributed by atoms with Crippen LogP contribution in [0.5, 0.6) is 0 Å². The predicted octanol–water partition coefficient (Wildman–Crippen LogP) is 4.54. The van der Waals surface area contributed by atoms with E-state index >= 15 is 0 Å². The Bertz CT molecular complexity index is 927. The molecule has 1 heterocycles. The Morgan fingerprint density at radius 2 is 1.83 bits per heavy atom. The number of hydrogen-bond donors (Lipinski definition) is 1. The van der Waals surface area contributed by atoms with E-state index in [1.807, 2.05) is 55.1 Å². The molecule has 0 aliphatic carbocycles. The van der Waals surface area contributed by atoms with Crippen molar-refractivity contribution in [3.63, 3.8) is 0 Å². The van der Waals surface area contributed by atoms with Crippen LogP contribution in [0.1, 0.15) is 47.8 Å². The zero-order valence-electron chi connectivity index (χ0n) is 16.8. The molecule has 0 aliphatic heterocycles. The molecule has 1 aromatic heterocycles. The third kappa shape index (κ3) is 5.99. The van der Waals surface area contributed by atoms with Gasteiger partial charge in [0.05, 0.1) is 6.54 Å². The summed E-state index contributed by atoms with van der Waals surface area (Å²) in [5.41, 5.74) is 1.96. The Hall–Kier alpha value is -2.99. The summed E-state index contributed by atoms with van der Waals surface area (Å²) in [5.74, 6) is -0.0729. The number of aromatic nitrogens is 1. The van der Waals surface area contributed by atoms with Crippen molar-refractivity contribution < 1.29 is 13.6 Å². The maximum absolute atomic E-state index is 14.2. The lowest BCUT2D eigenvalue weighted by molar-refractivity contribution is 0.0934. The van der Waals surface area contributed by atoms with Gasteiger partial charge in [-0.05, 0) is 25.0 Å². The number of hydrogen-bond acceptors (Lipinski definition) is 4. The molecule has 29 heavy (non-hydrogen) atoms. The minimum absolute atomic E-state index is 0.0679. The molecule has 1 atom stereocenters. The summed E-state index contributed by atoms with van der Waals surface area (Å²) in [6.07, 6.45) is 2.21. The zero-order valence-corrected chi connectivity index (χ0v) is 16.8. The summed E-state index contributed by atoms with van der Waals surface area (Å²) < 4.78 is 19.7. The number of rotatable bonds is 9. The van der Waals surface area contributed by atoms with Gasteiger partial charge in [0.25, 0.3) is 5.91 Å². The number of oxazole rings is 1. The molecule has 1 N–H and O–H groups in total. The summed E-state index contributed by atoms with van der Waals surface area (Å²) in [4.78, 5) is 18.6. The van der Waals surface area contributed by atoms with Crippen molar-refractivity contribution >= 4 is 5.91 Å². The molecule has 3 aromatic rings. The van der Waals surface area contributed by atoms with Crippen molar-refractivity contribution in [3.05, 3.63) is 89.4 Å². The first kappa shape index (κ1) is 20.7. The molecule has 152 valence electrons. The fourth-order valence-electron chi connectivity index (χ4n) is 2.96. The first-order valence-electron chi connectivity index (χ1n) is 9.80. The van der Waals surface area contributed by atoms with E-state index in [-0.39, 0.29) is 23.5 Å². The van der Waals surface area contributed by atoms with Gasteiger partial charge in [-0.1, -0.05) is 55.5 Å². The molecule has 1 unspecified atom stereocenters. The third-order valence-electron chi connectivity index (χ3n) is 4.73. The lowest BCUT2D eigenvalue weighted by Gasteiger charge is -2.21. The molecule has 0 radical (unpaired) electrons. The van der Waals surface area contributed by atoms with E-state index in [0.29, 0.717) is 31.1 Å². The molecule has 6 heteroatoms. The van der Waals surface area contributed by atoms with Crippen molar-refractivity contribution in [1.82, 2.24) is 15.2 Å². The van der Waals surface area contributed by atoms with Gasteiger partial charge >= 0.3 is 0 Å². The molecule has 0 saturated heterocycles. The van der Waals surface area contributed by atoms with Crippen LogP contribution in [0.25, 0.3) is 0 Å². The third-order valence-corrected chi connectivity index (χ3v) is 4.73. The quantitative estimate of drug-likeness (QED) is 0.578. The van der Waals surface area contributed by atoms with Crippen LogP contribution in [0.3, 0.4) is 0 Å². The average molecular weight is 395 g/mol. The standard InChI is InChI=1S/C23H26FN3O2/c1-3-17(2)25-23(28)21-16-29-22(26-21)15-27(13-18-9-5-4-6-10-18)14-19-11-7-8-12-20(19)24/h4-12,16-17H,3,13-15H2,1-2H3,(H,25,28). The largest absolute Gasteiger partial charge is 0.447 e. The molecule has 0 saturated carbocycles. The summed E-state index contributed by atoms with van der Waals surface area (Å²) in [6.45, 7) is 5.31. The van der Waals surface area contributed by atoms with E-state index in [1.54, 1.807) is 12.1 Å². The fraction of sp³-hybridized carbons (Fsp3) is 0.304. The number of carbonyl (C=O) groups is 1. The van der Waals surface area contributed by atoms with Crippen LogP contribution >= 0.6 is 0 Å². The monoisotopic (exact) mass is 395 g/mol. The second kappa shape index (κ2) is 9.98. The molecule has 0 fully saturated rings. The second-order valence-corrected chi connectivity index (χ2v) is 7.13. The Kier molecular flexibility index (Phi) is 7.14. The van der Waals surface area contributed by atoms with Crippen LogP contribution in [0.2, 0.25) is 0 Å². The van der Waals surface area contributed by atoms with Crippen LogP contribution in [-0.2, 0) is 19.6 Å². The van der Waals surface area contributed by atoms with Gasteiger partial charge in [-0.2, -0.15) is 0 Å².